The number of ether oxygens (including phenoxy) is 2. The summed E-state index contributed by atoms with van der Waals surface area (Å²) in [7, 11) is -0.667. The Morgan fingerprint density at radius 1 is 1.30 bits per heavy atom. The first-order chi connectivity index (χ1) is 12.4. The molecule has 4 nitrogen and oxygen atoms in total. The van der Waals surface area contributed by atoms with Gasteiger partial charge >= 0.3 is 6.09 Å². The molecular weight excluding hydrogens is 358 g/mol. The van der Waals surface area contributed by atoms with Gasteiger partial charge in [-0.05, 0) is 76.4 Å². The van der Waals surface area contributed by atoms with Crippen molar-refractivity contribution in [2.75, 3.05) is 29.6 Å². The van der Waals surface area contributed by atoms with E-state index in [-0.39, 0.29) is 12.1 Å². The summed E-state index contributed by atoms with van der Waals surface area (Å²) in [4.78, 5) is 14.9. The Morgan fingerprint density at radius 2 is 1.85 bits per heavy atom. The van der Waals surface area contributed by atoms with Gasteiger partial charge < -0.3 is 9.47 Å². The first-order valence-electron chi connectivity index (χ1n) is 10.5. The normalized spacial score (nSPS) is 21.8. The summed E-state index contributed by atoms with van der Waals surface area (Å²) in [6.07, 6.45) is 3.74. The molecule has 0 saturated carbocycles. The number of carbonyl (C=O) groups is 1. The first kappa shape index (κ1) is 24.4. The Bertz CT molecular complexity index is 486. The molecule has 2 atom stereocenters. The van der Waals surface area contributed by atoms with Crippen molar-refractivity contribution < 1.29 is 14.3 Å². The van der Waals surface area contributed by atoms with E-state index in [4.69, 9.17) is 9.47 Å². The molecule has 0 aromatic carbocycles. The average Bonchev–Trinajstić information content (AvgIpc) is 2.89. The van der Waals surface area contributed by atoms with Crippen LogP contribution in [0.5, 0.6) is 0 Å². The van der Waals surface area contributed by atoms with Crippen molar-refractivity contribution in [1.29, 1.82) is 0 Å². The molecular formula is C22H43NO3S. The van der Waals surface area contributed by atoms with Crippen LogP contribution in [-0.2, 0) is 9.47 Å². The fourth-order valence-electron chi connectivity index (χ4n) is 3.98. The molecule has 0 spiro atoms. The van der Waals surface area contributed by atoms with Gasteiger partial charge in [0.15, 0.2) is 0 Å². The maximum atomic E-state index is 13.0. The number of nitrogens with zero attached hydrogens (tertiary/aromatic N) is 1. The second kappa shape index (κ2) is 9.69. The van der Waals surface area contributed by atoms with Gasteiger partial charge in [0, 0.05) is 0 Å². The first-order valence-corrected chi connectivity index (χ1v) is 12.8. The Morgan fingerprint density at radius 3 is 2.30 bits per heavy atom. The lowest BCUT2D eigenvalue weighted by atomic mass is 9.95. The average molecular weight is 402 g/mol. The molecule has 1 fully saturated rings. The van der Waals surface area contributed by atoms with Crippen LogP contribution in [0.15, 0.2) is 12.7 Å². The van der Waals surface area contributed by atoms with Gasteiger partial charge in [0.05, 0.1) is 12.6 Å². The van der Waals surface area contributed by atoms with Crippen LogP contribution < -0.4 is 0 Å². The minimum atomic E-state index is -0.667. The van der Waals surface area contributed by atoms with Gasteiger partial charge in [-0.3, -0.25) is 4.90 Å². The molecule has 5 heteroatoms. The zero-order valence-corrected chi connectivity index (χ0v) is 19.8. The summed E-state index contributed by atoms with van der Waals surface area (Å²) < 4.78 is 11.8. The molecule has 0 aliphatic carbocycles. The van der Waals surface area contributed by atoms with Gasteiger partial charge in [-0.25, -0.2) is 14.8 Å². The zero-order valence-electron chi connectivity index (χ0n) is 19.0. The molecule has 1 heterocycles. The molecule has 1 aliphatic heterocycles. The Labute approximate surface area is 169 Å². The van der Waals surface area contributed by atoms with E-state index in [2.05, 4.69) is 27.4 Å². The van der Waals surface area contributed by atoms with Crippen LogP contribution in [0.25, 0.3) is 0 Å². The van der Waals surface area contributed by atoms with E-state index in [1.165, 1.54) is 23.0 Å². The van der Waals surface area contributed by atoms with Crippen molar-refractivity contribution in [3.63, 3.8) is 0 Å². The van der Waals surface area contributed by atoms with E-state index < -0.39 is 21.4 Å². The van der Waals surface area contributed by atoms with E-state index in [0.717, 1.165) is 12.8 Å². The molecule has 1 aliphatic rings. The summed E-state index contributed by atoms with van der Waals surface area (Å²) in [5.74, 6) is 5.33. The second-order valence-corrected chi connectivity index (χ2v) is 13.6. The van der Waals surface area contributed by atoms with Crippen molar-refractivity contribution in [3.8, 4) is 0 Å². The highest BCUT2D eigenvalue weighted by molar-refractivity contribution is 8.33. The summed E-state index contributed by atoms with van der Waals surface area (Å²) >= 11 is 0. The lowest BCUT2D eigenvalue weighted by Gasteiger charge is -2.44. The Kier molecular flexibility index (Phi) is 8.74. The molecule has 2 unspecified atom stereocenters. The van der Waals surface area contributed by atoms with E-state index in [0.29, 0.717) is 12.5 Å². The van der Waals surface area contributed by atoms with Crippen LogP contribution in [0.1, 0.15) is 68.2 Å². The molecule has 27 heavy (non-hydrogen) atoms. The highest BCUT2D eigenvalue weighted by Gasteiger charge is 2.48. The lowest BCUT2D eigenvalue weighted by molar-refractivity contribution is -0.0642. The van der Waals surface area contributed by atoms with Crippen LogP contribution in [0.2, 0.25) is 0 Å². The third-order valence-electron chi connectivity index (χ3n) is 5.80. The molecule has 1 rings (SSSR count). The topological polar surface area (TPSA) is 38.8 Å². The molecule has 1 saturated heterocycles. The predicted molar refractivity (Wildman–Crippen MR) is 119 cm³/mol. The van der Waals surface area contributed by atoms with Crippen molar-refractivity contribution >= 4 is 16.1 Å². The molecule has 0 aromatic heterocycles. The number of rotatable bonds is 9. The lowest BCUT2D eigenvalue weighted by Crippen LogP contribution is -2.52. The number of hydrogen-bond acceptors (Lipinski definition) is 3. The van der Waals surface area contributed by atoms with Crippen LogP contribution in [0.3, 0.4) is 0 Å². The molecule has 0 aromatic rings. The van der Waals surface area contributed by atoms with E-state index in [1.807, 2.05) is 45.6 Å². The molecule has 0 N–H and O–H groups in total. The highest BCUT2D eigenvalue weighted by Crippen LogP contribution is 2.50. The minimum Gasteiger partial charge on any atom is -0.444 e. The van der Waals surface area contributed by atoms with E-state index >= 15 is 0 Å². The van der Waals surface area contributed by atoms with Gasteiger partial charge in [0.1, 0.15) is 11.3 Å². The van der Waals surface area contributed by atoms with Gasteiger partial charge in [-0.1, -0.05) is 26.8 Å². The fraction of sp³-hybridized carbons (Fsp3) is 0.864. The van der Waals surface area contributed by atoms with Crippen molar-refractivity contribution in [3.05, 3.63) is 12.7 Å². The summed E-state index contributed by atoms with van der Waals surface area (Å²) in [5, 5.41) is 0. The van der Waals surface area contributed by atoms with Crippen molar-refractivity contribution in [2.45, 2.75) is 85.6 Å². The van der Waals surface area contributed by atoms with Gasteiger partial charge in [0.2, 0.25) is 0 Å². The third-order valence-corrected chi connectivity index (χ3v) is 10.6. The standard InChI is InChI=1S/C22H43NO3S/c1-10-14-15-18(17-27(11-2,12-3)13-4)19-16-25-22(8,9)23(19)20(24)26-21(5,6)7/h10,18-19H,1,11-17H2,2-9H3. The summed E-state index contributed by atoms with van der Waals surface area (Å²) in [6.45, 7) is 21.2. The maximum Gasteiger partial charge on any atom is 0.412 e. The monoisotopic (exact) mass is 401 g/mol. The Hall–Kier alpha value is -0.680. The number of amides is 1. The number of hydrogen-bond donors (Lipinski definition) is 0. The second-order valence-electron chi connectivity index (χ2n) is 9.06. The Balaban J connectivity index is 3.17. The summed E-state index contributed by atoms with van der Waals surface area (Å²) in [5.41, 5.74) is -1.15. The van der Waals surface area contributed by atoms with Gasteiger partial charge in [0.25, 0.3) is 0 Å². The predicted octanol–water partition coefficient (Wildman–Crippen LogP) is 5.81. The van der Waals surface area contributed by atoms with Gasteiger partial charge in [-0.2, -0.15) is 0 Å². The molecule has 0 bridgehead atoms. The zero-order chi connectivity index (χ0) is 20.9. The SMILES string of the molecule is C=CCCC(CS(CC)(CC)CC)C1COC(C)(C)N1C(=O)OC(C)(C)C. The van der Waals surface area contributed by atoms with Gasteiger partial charge in [-0.15, -0.1) is 6.58 Å². The fourth-order valence-corrected chi connectivity index (χ4v) is 7.21. The highest BCUT2D eigenvalue weighted by atomic mass is 32.3. The minimum absolute atomic E-state index is 0.0614. The van der Waals surface area contributed by atoms with Crippen molar-refractivity contribution in [2.24, 2.45) is 5.92 Å². The largest absolute Gasteiger partial charge is 0.444 e. The van der Waals surface area contributed by atoms with Crippen LogP contribution in [0.4, 0.5) is 4.79 Å². The van der Waals surface area contributed by atoms with Crippen LogP contribution in [0, 0.1) is 5.92 Å². The maximum absolute atomic E-state index is 13.0. The van der Waals surface area contributed by atoms with E-state index in [1.54, 1.807) is 0 Å². The number of allylic oxidation sites excluding steroid dienone is 1. The number of carbonyl (C=O) groups excluding carboxylic acids is 1. The van der Waals surface area contributed by atoms with Crippen LogP contribution in [-0.4, -0.2) is 58.0 Å². The smallest absolute Gasteiger partial charge is 0.412 e. The van der Waals surface area contributed by atoms with Crippen LogP contribution >= 0.6 is 10.0 Å². The quantitative estimate of drug-likeness (QED) is 0.458. The van der Waals surface area contributed by atoms with Crippen molar-refractivity contribution in [1.82, 2.24) is 4.90 Å². The molecule has 0 radical (unpaired) electrons. The molecule has 1 amide bonds. The third kappa shape index (κ3) is 6.42. The molecule has 160 valence electrons. The van der Waals surface area contributed by atoms with E-state index in [9.17, 15) is 4.79 Å². The summed E-state index contributed by atoms with van der Waals surface area (Å²) in [6, 6.07) is 0.0614.